The van der Waals surface area contributed by atoms with Crippen LogP contribution in [0.25, 0.3) is 0 Å². The van der Waals surface area contributed by atoms with E-state index in [1.807, 2.05) is 31.2 Å². The molecule has 0 radical (unpaired) electrons. The van der Waals surface area contributed by atoms with Crippen LogP contribution in [0.4, 0.5) is 5.69 Å². The van der Waals surface area contributed by atoms with E-state index in [1.54, 1.807) is 31.4 Å². The third-order valence-corrected chi connectivity index (χ3v) is 3.50. The number of amides is 2. The molecule has 6 nitrogen and oxygen atoms in total. The maximum atomic E-state index is 12.0. The van der Waals surface area contributed by atoms with Crippen LogP contribution in [0.3, 0.4) is 0 Å². The second-order valence-electron chi connectivity index (χ2n) is 5.24. The van der Waals surface area contributed by atoms with E-state index in [0.29, 0.717) is 31.0 Å². The predicted molar refractivity (Wildman–Crippen MR) is 95.9 cm³/mol. The summed E-state index contributed by atoms with van der Waals surface area (Å²) in [6.07, 6.45) is 0.624. The topological polar surface area (TPSA) is 76.7 Å². The molecule has 2 amide bonds. The Kier molecular flexibility index (Phi) is 6.83. The van der Waals surface area contributed by atoms with E-state index in [9.17, 15) is 9.59 Å². The Labute approximate surface area is 147 Å². The van der Waals surface area contributed by atoms with Crippen molar-refractivity contribution in [1.82, 2.24) is 5.32 Å². The fourth-order valence-electron chi connectivity index (χ4n) is 2.22. The first kappa shape index (κ1) is 18.3. The van der Waals surface area contributed by atoms with E-state index in [1.165, 1.54) is 0 Å². The molecule has 0 aliphatic rings. The Morgan fingerprint density at radius 3 is 2.40 bits per heavy atom. The Morgan fingerprint density at radius 1 is 1.00 bits per heavy atom. The van der Waals surface area contributed by atoms with Crippen LogP contribution in [0.5, 0.6) is 11.5 Å². The zero-order chi connectivity index (χ0) is 18.1. The molecule has 0 aromatic heterocycles. The van der Waals surface area contributed by atoms with Crippen LogP contribution in [-0.4, -0.2) is 32.1 Å². The van der Waals surface area contributed by atoms with Crippen molar-refractivity contribution in [3.63, 3.8) is 0 Å². The molecule has 0 bridgehead atoms. The number of carbonyl (C=O) groups is 2. The minimum atomic E-state index is -0.720. The molecule has 0 saturated heterocycles. The van der Waals surface area contributed by atoms with Gasteiger partial charge in [-0.3, -0.25) is 9.59 Å². The number of carbonyl (C=O) groups excluding carboxylic acids is 2. The molecular weight excluding hydrogens is 320 g/mol. The van der Waals surface area contributed by atoms with Crippen molar-refractivity contribution in [3.05, 3.63) is 54.1 Å². The quantitative estimate of drug-likeness (QED) is 0.758. The van der Waals surface area contributed by atoms with Gasteiger partial charge in [-0.2, -0.15) is 0 Å². The summed E-state index contributed by atoms with van der Waals surface area (Å²) < 4.78 is 10.5. The first-order valence-corrected chi connectivity index (χ1v) is 8.08. The average Bonchev–Trinajstić information content (AvgIpc) is 2.64. The summed E-state index contributed by atoms with van der Waals surface area (Å²) in [4.78, 5) is 23.9. The fraction of sp³-hybridized carbons (Fsp3) is 0.263. The molecule has 2 aromatic rings. The highest BCUT2D eigenvalue weighted by Gasteiger charge is 2.15. The van der Waals surface area contributed by atoms with Crippen molar-refractivity contribution in [2.24, 2.45) is 0 Å². The highest BCUT2D eigenvalue weighted by molar-refractivity contribution is 6.39. The summed E-state index contributed by atoms with van der Waals surface area (Å²) in [6, 6.07) is 14.5. The Bertz CT molecular complexity index is 714. The van der Waals surface area contributed by atoms with Gasteiger partial charge in [0.1, 0.15) is 11.5 Å². The number of benzene rings is 2. The molecule has 2 N–H and O–H groups in total. The molecule has 2 aromatic carbocycles. The minimum absolute atomic E-state index is 0.367. The standard InChI is InChI=1S/C19H22N2O4/c1-3-25-17-7-5-4-6-16(17)21-19(23)18(22)20-13-12-14-8-10-15(24-2)11-9-14/h4-11H,3,12-13H2,1-2H3,(H,20,22)(H,21,23). The van der Waals surface area contributed by atoms with Crippen molar-refractivity contribution >= 4 is 17.5 Å². The second-order valence-corrected chi connectivity index (χ2v) is 5.24. The normalized spacial score (nSPS) is 10.0. The van der Waals surface area contributed by atoms with Crippen molar-refractivity contribution in [1.29, 1.82) is 0 Å². The molecule has 0 saturated carbocycles. The van der Waals surface area contributed by atoms with Crippen LogP contribution >= 0.6 is 0 Å². The molecule has 6 heteroatoms. The number of rotatable bonds is 7. The lowest BCUT2D eigenvalue weighted by molar-refractivity contribution is -0.136. The Balaban J connectivity index is 1.83. The number of nitrogens with one attached hydrogen (secondary N) is 2. The summed E-state index contributed by atoms with van der Waals surface area (Å²) in [6.45, 7) is 2.69. The third kappa shape index (κ3) is 5.53. The molecular formula is C19H22N2O4. The summed E-state index contributed by atoms with van der Waals surface area (Å²) in [7, 11) is 1.61. The molecule has 132 valence electrons. The number of anilines is 1. The molecule has 0 unspecified atom stereocenters. The smallest absolute Gasteiger partial charge is 0.313 e. The second kappa shape index (κ2) is 9.32. The van der Waals surface area contributed by atoms with Gasteiger partial charge in [-0.05, 0) is 43.2 Å². The molecule has 0 aliphatic heterocycles. The minimum Gasteiger partial charge on any atom is -0.497 e. The molecule has 0 fully saturated rings. The molecule has 2 rings (SSSR count). The highest BCUT2D eigenvalue weighted by Crippen LogP contribution is 2.23. The van der Waals surface area contributed by atoms with E-state index in [0.717, 1.165) is 11.3 Å². The summed E-state index contributed by atoms with van der Waals surface area (Å²) in [5.74, 6) is -0.0915. The summed E-state index contributed by atoms with van der Waals surface area (Å²) in [5, 5.41) is 5.17. The largest absolute Gasteiger partial charge is 0.497 e. The van der Waals surface area contributed by atoms with Crippen LogP contribution in [0.2, 0.25) is 0 Å². The lowest BCUT2D eigenvalue weighted by atomic mass is 10.1. The zero-order valence-corrected chi connectivity index (χ0v) is 14.4. The van der Waals surface area contributed by atoms with Gasteiger partial charge in [0, 0.05) is 6.54 Å². The number of para-hydroxylation sites is 2. The van der Waals surface area contributed by atoms with Crippen LogP contribution in [-0.2, 0) is 16.0 Å². The lowest BCUT2D eigenvalue weighted by Crippen LogP contribution is -2.36. The van der Waals surface area contributed by atoms with Gasteiger partial charge in [0.05, 0.1) is 19.4 Å². The van der Waals surface area contributed by atoms with Crippen LogP contribution < -0.4 is 20.1 Å². The van der Waals surface area contributed by atoms with Crippen molar-refractivity contribution in [3.8, 4) is 11.5 Å². The third-order valence-electron chi connectivity index (χ3n) is 3.50. The first-order chi connectivity index (χ1) is 12.1. The average molecular weight is 342 g/mol. The fourth-order valence-corrected chi connectivity index (χ4v) is 2.22. The Morgan fingerprint density at radius 2 is 1.72 bits per heavy atom. The van der Waals surface area contributed by atoms with Gasteiger partial charge in [-0.25, -0.2) is 0 Å². The zero-order valence-electron chi connectivity index (χ0n) is 14.4. The highest BCUT2D eigenvalue weighted by atomic mass is 16.5. The van der Waals surface area contributed by atoms with Crippen molar-refractivity contribution in [2.75, 3.05) is 25.6 Å². The van der Waals surface area contributed by atoms with Gasteiger partial charge in [0.25, 0.3) is 0 Å². The Hall–Kier alpha value is -3.02. The molecule has 0 spiro atoms. The number of ether oxygens (including phenoxy) is 2. The van der Waals surface area contributed by atoms with E-state index >= 15 is 0 Å². The van der Waals surface area contributed by atoms with Gasteiger partial charge in [0.2, 0.25) is 0 Å². The molecule has 25 heavy (non-hydrogen) atoms. The van der Waals surface area contributed by atoms with E-state index in [-0.39, 0.29) is 0 Å². The van der Waals surface area contributed by atoms with Gasteiger partial charge >= 0.3 is 11.8 Å². The first-order valence-electron chi connectivity index (χ1n) is 8.08. The van der Waals surface area contributed by atoms with Crippen molar-refractivity contribution < 1.29 is 19.1 Å². The molecule has 0 aliphatic carbocycles. The van der Waals surface area contributed by atoms with Gasteiger partial charge in [-0.1, -0.05) is 24.3 Å². The van der Waals surface area contributed by atoms with E-state index < -0.39 is 11.8 Å². The van der Waals surface area contributed by atoms with Gasteiger partial charge < -0.3 is 20.1 Å². The number of hydrogen-bond acceptors (Lipinski definition) is 4. The van der Waals surface area contributed by atoms with Crippen LogP contribution in [0, 0.1) is 0 Å². The number of hydrogen-bond donors (Lipinski definition) is 2. The molecule has 0 atom stereocenters. The van der Waals surface area contributed by atoms with Gasteiger partial charge in [-0.15, -0.1) is 0 Å². The maximum absolute atomic E-state index is 12.0. The van der Waals surface area contributed by atoms with E-state index in [2.05, 4.69) is 10.6 Å². The van der Waals surface area contributed by atoms with E-state index in [4.69, 9.17) is 9.47 Å². The van der Waals surface area contributed by atoms with Crippen LogP contribution in [0.15, 0.2) is 48.5 Å². The SMILES string of the molecule is CCOc1ccccc1NC(=O)C(=O)NCCc1ccc(OC)cc1. The number of methoxy groups -OCH3 is 1. The summed E-state index contributed by atoms with van der Waals surface area (Å²) in [5.41, 5.74) is 1.52. The predicted octanol–water partition coefficient (Wildman–Crippen LogP) is 2.39. The van der Waals surface area contributed by atoms with Crippen LogP contribution in [0.1, 0.15) is 12.5 Å². The maximum Gasteiger partial charge on any atom is 0.313 e. The summed E-state index contributed by atoms with van der Waals surface area (Å²) >= 11 is 0. The van der Waals surface area contributed by atoms with Crippen molar-refractivity contribution in [2.45, 2.75) is 13.3 Å². The molecule has 0 heterocycles. The monoisotopic (exact) mass is 342 g/mol. The van der Waals surface area contributed by atoms with Gasteiger partial charge in [0.15, 0.2) is 0 Å². The lowest BCUT2D eigenvalue weighted by Gasteiger charge is -2.11.